The van der Waals surface area contributed by atoms with Gasteiger partial charge in [-0.05, 0) is 0 Å². The molecule has 1 heterocycles. The van der Waals surface area contributed by atoms with Crippen LogP contribution in [-0.2, 0) is 28.7 Å². The van der Waals surface area contributed by atoms with Crippen LogP contribution in [0.2, 0.25) is 0 Å². The van der Waals surface area contributed by atoms with Crippen molar-refractivity contribution in [2.24, 2.45) is 5.41 Å². The molecule has 8 nitrogen and oxygen atoms in total. The molecule has 0 atom stereocenters. The first kappa shape index (κ1) is 18.9. The average Bonchev–Trinajstić information content (AvgIpc) is 2.50. The van der Waals surface area contributed by atoms with E-state index < -0.39 is 17.4 Å². The van der Waals surface area contributed by atoms with Crippen LogP contribution in [0.15, 0.2) is 0 Å². The molecular weight excluding hydrogens is 304 g/mol. The average molecular weight is 328 g/mol. The fraction of sp³-hybridized carbons (Fsp3) is 0.733. The fourth-order valence-electron chi connectivity index (χ4n) is 1.75. The van der Waals surface area contributed by atoms with Crippen molar-refractivity contribution in [2.45, 2.75) is 39.5 Å². The minimum atomic E-state index is -0.538. The van der Waals surface area contributed by atoms with E-state index in [1.807, 2.05) is 0 Å². The lowest BCUT2D eigenvalue weighted by molar-refractivity contribution is -0.153. The number of esters is 2. The summed E-state index contributed by atoms with van der Waals surface area (Å²) in [5.41, 5.74) is -0.538. The third-order valence-electron chi connectivity index (χ3n) is 3.13. The lowest BCUT2D eigenvalue weighted by Crippen LogP contribution is -2.34. The van der Waals surface area contributed by atoms with E-state index in [9.17, 15) is 19.2 Å². The molecule has 1 saturated heterocycles. The highest BCUT2D eigenvalue weighted by atomic mass is 16.5. The normalized spacial score (nSPS) is 22.2. The maximum Gasteiger partial charge on any atom is 0.306 e. The first-order valence-electron chi connectivity index (χ1n) is 7.63. The highest BCUT2D eigenvalue weighted by Gasteiger charge is 2.23. The Bertz CT molecular complexity index is 421. The van der Waals surface area contributed by atoms with Gasteiger partial charge in [0.25, 0.3) is 0 Å². The quantitative estimate of drug-likeness (QED) is 0.601. The van der Waals surface area contributed by atoms with E-state index in [-0.39, 0.29) is 63.8 Å². The molecule has 0 spiro atoms. The number of nitrogens with one attached hydrogen (secondary N) is 2. The fourth-order valence-corrected chi connectivity index (χ4v) is 1.75. The van der Waals surface area contributed by atoms with Crippen molar-refractivity contribution in [3.05, 3.63) is 0 Å². The molecule has 0 saturated carbocycles. The van der Waals surface area contributed by atoms with Gasteiger partial charge >= 0.3 is 11.9 Å². The van der Waals surface area contributed by atoms with Crippen molar-refractivity contribution in [3.8, 4) is 0 Å². The summed E-state index contributed by atoms with van der Waals surface area (Å²) in [6.07, 6.45) is 0.0203. The van der Waals surface area contributed by atoms with E-state index in [4.69, 9.17) is 9.47 Å². The molecule has 0 aliphatic carbocycles. The standard InChI is InChI=1S/C15H24N2O6/c1-15(2)9-22-13(20)5-3-11(18)16-7-8-17-12(19)4-6-14(21)23-10-15/h3-10H2,1-2H3,(H,16,18)(H,17,19). The van der Waals surface area contributed by atoms with E-state index in [1.54, 1.807) is 13.8 Å². The minimum absolute atomic E-state index is 0.0198. The maximum absolute atomic E-state index is 11.6. The molecule has 0 radical (unpaired) electrons. The van der Waals surface area contributed by atoms with Crippen LogP contribution in [0.25, 0.3) is 0 Å². The number of carbonyl (C=O) groups is 4. The van der Waals surface area contributed by atoms with E-state index in [0.29, 0.717) is 0 Å². The first-order chi connectivity index (χ1) is 10.8. The van der Waals surface area contributed by atoms with Crippen molar-refractivity contribution < 1.29 is 28.7 Å². The van der Waals surface area contributed by atoms with Crippen LogP contribution >= 0.6 is 0 Å². The number of hydrogen-bond donors (Lipinski definition) is 2. The molecule has 0 unspecified atom stereocenters. The highest BCUT2D eigenvalue weighted by Crippen LogP contribution is 2.17. The smallest absolute Gasteiger partial charge is 0.306 e. The van der Waals surface area contributed by atoms with Crippen LogP contribution in [-0.4, -0.2) is 50.1 Å². The Morgan fingerprint density at radius 2 is 1.13 bits per heavy atom. The van der Waals surface area contributed by atoms with Crippen molar-refractivity contribution in [1.29, 1.82) is 0 Å². The number of hydrogen-bond acceptors (Lipinski definition) is 6. The summed E-state index contributed by atoms with van der Waals surface area (Å²) in [6.45, 7) is 4.28. The zero-order valence-electron chi connectivity index (χ0n) is 13.6. The van der Waals surface area contributed by atoms with Gasteiger partial charge in [-0.15, -0.1) is 0 Å². The summed E-state index contributed by atoms with van der Waals surface area (Å²) in [6, 6.07) is 0. The van der Waals surface area contributed by atoms with Gasteiger partial charge in [0.2, 0.25) is 11.8 Å². The summed E-state index contributed by atoms with van der Waals surface area (Å²) in [5.74, 6) is -1.51. The highest BCUT2D eigenvalue weighted by molar-refractivity contribution is 5.82. The van der Waals surface area contributed by atoms with E-state index >= 15 is 0 Å². The van der Waals surface area contributed by atoms with Gasteiger partial charge in [-0.2, -0.15) is 0 Å². The van der Waals surface area contributed by atoms with Crippen molar-refractivity contribution >= 4 is 23.8 Å². The van der Waals surface area contributed by atoms with Crippen LogP contribution < -0.4 is 10.6 Å². The second-order valence-electron chi connectivity index (χ2n) is 6.19. The summed E-state index contributed by atoms with van der Waals surface area (Å²) < 4.78 is 10.2. The van der Waals surface area contributed by atoms with Gasteiger partial charge in [0.1, 0.15) is 0 Å². The van der Waals surface area contributed by atoms with Gasteiger partial charge in [0.05, 0.1) is 26.1 Å². The van der Waals surface area contributed by atoms with E-state index in [1.165, 1.54) is 0 Å². The van der Waals surface area contributed by atoms with Crippen LogP contribution in [0.4, 0.5) is 0 Å². The van der Waals surface area contributed by atoms with Crippen LogP contribution in [0.1, 0.15) is 39.5 Å². The molecule has 1 aliphatic rings. The SMILES string of the molecule is CC1(C)COC(=O)CCC(=O)NCCNC(=O)CCC(=O)OC1. The largest absolute Gasteiger partial charge is 0.465 e. The second kappa shape index (κ2) is 9.12. The lowest BCUT2D eigenvalue weighted by Gasteiger charge is -2.23. The maximum atomic E-state index is 11.6. The van der Waals surface area contributed by atoms with Gasteiger partial charge in [0, 0.05) is 31.3 Å². The zero-order chi connectivity index (χ0) is 17.3. The number of cyclic esters (lactones) is 2. The molecule has 0 aromatic carbocycles. The number of rotatable bonds is 0. The molecule has 23 heavy (non-hydrogen) atoms. The molecule has 1 fully saturated rings. The lowest BCUT2D eigenvalue weighted by atomic mass is 9.96. The first-order valence-corrected chi connectivity index (χ1v) is 7.63. The van der Waals surface area contributed by atoms with Gasteiger partial charge in [0.15, 0.2) is 0 Å². The van der Waals surface area contributed by atoms with Crippen LogP contribution in [0, 0.1) is 5.41 Å². The number of amides is 2. The Balaban J connectivity index is 2.58. The zero-order valence-corrected chi connectivity index (χ0v) is 13.6. The van der Waals surface area contributed by atoms with Crippen molar-refractivity contribution in [3.63, 3.8) is 0 Å². The van der Waals surface area contributed by atoms with Gasteiger partial charge in [-0.1, -0.05) is 13.8 Å². The second-order valence-corrected chi connectivity index (χ2v) is 6.19. The molecule has 130 valence electrons. The molecule has 1 aliphatic heterocycles. The molecule has 0 aromatic heterocycles. The van der Waals surface area contributed by atoms with Crippen molar-refractivity contribution in [1.82, 2.24) is 10.6 Å². The third kappa shape index (κ3) is 8.80. The predicted molar refractivity (Wildman–Crippen MR) is 80.2 cm³/mol. The monoisotopic (exact) mass is 328 g/mol. The topological polar surface area (TPSA) is 111 Å². The van der Waals surface area contributed by atoms with Crippen LogP contribution in [0.5, 0.6) is 0 Å². The predicted octanol–water partition coefficient (Wildman–Crippen LogP) is -0.0946. The molecule has 0 aromatic rings. The number of ether oxygens (including phenoxy) is 2. The molecule has 2 N–H and O–H groups in total. The van der Waals surface area contributed by atoms with E-state index in [0.717, 1.165) is 0 Å². The Morgan fingerprint density at radius 3 is 1.52 bits per heavy atom. The minimum Gasteiger partial charge on any atom is -0.465 e. The number of carbonyl (C=O) groups excluding carboxylic acids is 4. The molecule has 1 rings (SSSR count). The molecular formula is C15H24N2O6. The van der Waals surface area contributed by atoms with Gasteiger partial charge < -0.3 is 20.1 Å². The summed E-state index contributed by atoms with van der Waals surface area (Å²) in [4.78, 5) is 46.3. The Labute approximate surface area is 135 Å². The van der Waals surface area contributed by atoms with Gasteiger partial charge in [-0.3, -0.25) is 19.2 Å². The van der Waals surface area contributed by atoms with Crippen LogP contribution in [0.3, 0.4) is 0 Å². The summed E-state index contributed by atoms with van der Waals surface area (Å²) in [7, 11) is 0. The molecule has 0 bridgehead atoms. The Morgan fingerprint density at radius 1 is 0.739 bits per heavy atom. The van der Waals surface area contributed by atoms with E-state index in [2.05, 4.69) is 10.6 Å². The summed E-state index contributed by atoms with van der Waals surface area (Å²) >= 11 is 0. The Kier molecular flexibility index (Phi) is 7.50. The van der Waals surface area contributed by atoms with Gasteiger partial charge in [-0.25, -0.2) is 0 Å². The molecule has 8 heteroatoms. The molecule has 2 amide bonds. The Hall–Kier alpha value is -2.12. The third-order valence-corrected chi connectivity index (χ3v) is 3.13. The summed E-state index contributed by atoms with van der Waals surface area (Å²) in [5, 5.41) is 5.18. The van der Waals surface area contributed by atoms with Crippen molar-refractivity contribution in [2.75, 3.05) is 26.3 Å².